The van der Waals surface area contributed by atoms with E-state index in [1.165, 1.54) is 12.1 Å². The number of halogens is 1. The number of rotatable bonds is 3. The molecule has 0 unspecified atom stereocenters. The summed E-state index contributed by atoms with van der Waals surface area (Å²) in [6, 6.07) is 6.50. The molecule has 5 heteroatoms. The Balaban J connectivity index is 2.07. The van der Waals surface area contributed by atoms with Crippen molar-refractivity contribution >= 4 is 5.95 Å². The Morgan fingerprint density at radius 2 is 2.00 bits per heavy atom. The van der Waals surface area contributed by atoms with Crippen molar-refractivity contribution in [1.82, 2.24) is 15.0 Å². The lowest BCUT2D eigenvalue weighted by Gasteiger charge is -2.03. The van der Waals surface area contributed by atoms with Gasteiger partial charge in [0.1, 0.15) is 17.5 Å². The molecule has 1 aromatic heterocycles. The molecule has 1 aromatic carbocycles. The van der Waals surface area contributed by atoms with Crippen LogP contribution in [0.3, 0.4) is 0 Å². The van der Waals surface area contributed by atoms with E-state index in [1.807, 2.05) is 6.07 Å². The topological polar surface area (TPSA) is 64.7 Å². The molecule has 4 nitrogen and oxygen atoms in total. The zero-order valence-corrected chi connectivity index (χ0v) is 9.52. The summed E-state index contributed by atoms with van der Waals surface area (Å²) >= 11 is 0. The molecule has 0 atom stereocenters. The Labute approximate surface area is 98.7 Å². The van der Waals surface area contributed by atoms with Crippen LogP contribution in [0, 0.1) is 12.7 Å². The van der Waals surface area contributed by atoms with Crippen molar-refractivity contribution < 1.29 is 4.39 Å². The van der Waals surface area contributed by atoms with E-state index in [0.29, 0.717) is 24.5 Å². The minimum Gasteiger partial charge on any atom is -0.368 e. The third-order valence-corrected chi connectivity index (χ3v) is 2.34. The number of hydrogen-bond acceptors (Lipinski definition) is 4. The molecule has 17 heavy (non-hydrogen) atoms. The Bertz CT molecular complexity index is 507. The van der Waals surface area contributed by atoms with Crippen LogP contribution in [0.15, 0.2) is 24.3 Å². The van der Waals surface area contributed by atoms with Gasteiger partial charge in [-0.1, -0.05) is 12.1 Å². The van der Waals surface area contributed by atoms with Gasteiger partial charge in [-0.2, -0.15) is 9.97 Å². The lowest BCUT2D eigenvalue weighted by atomic mass is 10.1. The van der Waals surface area contributed by atoms with Crippen LogP contribution in [0.2, 0.25) is 0 Å². The average Bonchev–Trinajstić information content (AvgIpc) is 2.25. The van der Waals surface area contributed by atoms with Crippen molar-refractivity contribution in [1.29, 1.82) is 0 Å². The highest BCUT2D eigenvalue weighted by Crippen LogP contribution is 2.07. The molecule has 2 N–H and O–H groups in total. The molecular weight excluding hydrogens is 219 g/mol. The van der Waals surface area contributed by atoms with Gasteiger partial charge in [0, 0.05) is 6.42 Å². The summed E-state index contributed by atoms with van der Waals surface area (Å²) in [5, 5.41) is 0. The van der Waals surface area contributed by atoms with Gasteiger partial charge in [0.15, 0.2) is 0 Å². The van der Waals surface area contributed by atoms with Gasteiger partial charge < -0.3 is 5.73 Å². The van der Waals surface area contributed by atoms with Crippen LogP contribution in [0.5, 0.6) is 0 Å². The normalized spacial score (nSPS) is 10.5. The number of anilines is 1. The molecule has 88 valence electrons. The molecule has 0 saturated heterocycles. The number of hydrogen-bond donors (Lipinski definition) is 1. The van der Waals surface area contributed by atoms with E-state index >= 15 is 0 Å². The fourth-order valence-electron chi connectivity index (χ4n) is 1.62. The van der Waals surface area contributed by atoms with Crippen LogP contribution >= 0.6 is 0 Å². The summed E-state index contributed by atoms with van der Waals surface area (Å²) in [7, 11) is 0. The highest BCUT2D eigenvalue weighted by Gasteiger charge is 2.02. The number of aryl methyl sites for hydroxylation is 3. The van der Waals surface area contributed by atoms with Crippen LogP contribution in [0.25, 0.3) is 0 Å². The molecule has 0 fully saturated rings. The van der Waals surface area contributed by atoms with E-state index in [0.717, 1.165) is 5.56 Å². The highest BCUT2D eigenvalue weighted by atomic mass is 19.1. The molecule has 0 amide bonds. The van der Waals surface area contributed by atoms with Gasteiger partial charge >= 0.3 is 0 Å². The highest BCUT2D eigenvalue weighted by molar-refractivity contribution is 5.19. The SMILES string of the molecule is Cc1nc(N)nc(CCc2cccc(F)c2)n1. The molecule has 0 aliphatic heterocycles. The summed E-state index contributed by atoms with van der Waals surface area (Å²) in [5.74, 6) is 1.24. The predicted octanol–water partition coefficient (Wildman–Crippen LogP) is 1.69. The quantitative estimate of drug-likeness (QED) is 0.874. The average molecular weight is 232 g/mol. The van der Waals surface area contributed by atoms with Crippen LogP contribution < -0.4 is 5.73 Å². The molecule has 0 saturated carbocycles. The smallest absolute Gasteiger partial charge is 0.223 e. The number of nitrogens with two attached hydrogens (primary N) is 1. The van der Waals surface area contributed by atoms with Crippen LogP contribution in [0.4, 0.5) is 10.3 Å². The van der Waals surface area contributed by atoms with Gasteiger partial charge in [-0.25, -0.2) is 9.37 Å². The number of nitrogens with zero attached hydrogens (tertiary/aromatic N) is 3. The van der Waals surface area contributed by atoms with E-state index in [2.05, 4.69) is 15.0 Å². The zero-order chi connectivity index (χ0) is 12.3. The van der Waals surface area contributed by atoms with Gasteiger partial charge in [-0.05, 0) is 31.0 Å². The summed E-state index contributed by atoms with van der Waals surface area (Å²) in [6.45, 7) is 1.77. The van der Waals surface area contributed by atoms with Crippen molar-refractivity contribution in [3.05, 3.63) is 47.3 Å². The first-order chi connectivity index (χ1) is 8.13. The van der Waals surface area contributed by atoms with Crippen LogP contribution in [-0.4, -0.2) is 15.0 Å². The Hall–Kier alpha value is -2.04. The Morgan fingerprint density at radius 3 is 2.71 bits per heavy atom. The molecule has 0 radical (unpaired) electrons. The lowest BCUT2D eigenvalue weighted by Crippen LogP contribution is -2.06. The third kappa shape index (κ3) is 3.21. The minimum atomic E-state index is -0.228. The molecular formula is C12H13FN4. The largest absolute Gasteiger partial charge is 0.368 e. The molecule has 0 bridgehead atoms. The maximum absolute atomic E-state index is 13.0. The maximum atomic E-state index is 13.0. The summed E-state index contributed by atoms with van der Waals surface area (Å²) in [4.78, 5) is 12.1. The monoisotopic (exact) mass is 232 g/mol. The second kappa shape index (κ2) is 4.86. The molecule has 0 spiro atoms. The van der Waals surface area contributed by atoms with Crippen molar-refractivity contribution in [2.45, 2.75) is 19.8 Å². The molecule has 1 heterocycles. The van der Waals surface area contributed by atoms with Gasteiger partial charge in [-0.15, -0.1) is 0 Å². The molecule has 2 aromatic rings. The summed E-state index contributed by atoms with van der Waals surface area (Å²) in [6.07, 6.45) is 1.30. The van der Waals surface area contributed by atoms with Crippen molar-refractivity contribution in [3.63, 3.8) is 0 Å². The van der Waals surface area contributed by atoms with Gasteiger partial charge in [-0.3, -0.25) is 0 Å². The first-order valence-corrected chi connectivity index (χ1v) is 5.35. The minimum absolute atomic E-state index is 0.228. The van der Waals surface area contributed by atoms with Crippen molar-refractivity contribution in [2.75, 3.05) is 5.73 Å². The van der Waals surface area contributed by atoms with E-state index in [9.17, 15) is 4.39 Å². The Morgan fingerprint density at radius 1 is 1.18 bits per heavy atom. The Kier molecular flexibility index (Phi) is 3.27. The van der Waals surface area contributed by atoms with Crippen LogP contribution in [-0.2, 0) is 12.8 Å². The fourth-order valence-corrected chi connectivity index (χ4v) is 1.62. The fraction of sp³-hybridized carbons (Fsp3) is 0.250. The van der Waals surface area contributed by atoms with E-state index < -0.39 is 0 Å². The summed E-state index contributed by atoms with van der Waals surface area (Å²) in [5.41, 5.74) is 6.45. The van der Waals surface area contributed by atoms with Crippen molar-refractivity contribution in [3.8, 4) is 0 Å². The zero-order valence-electron chi connectivity index (χ0n) is 9.52. The summed E-state index contributed by atoms with van der Waals surface area (Å²) < 4.78 is 13.0. The number of aromatic nitrogens is 3. The van der Waals surface area contributed by atoms with Gasteiger partial charge in [0.05, 0.1) is 0 Å². The maximum Gasteiger partial charge on any atom is 0.223 e. The molecule has 2 rings (SSSR count). The molecule has 0 aliphatic carbocycles. The number of nitrogen functional groups attached to an aromatic ring is 1. The number of benzene rings is 1. The first kappa shape index (κ1) is 11.4. The third-order valence-electron chi connectivity index (χ3n) is 2.34. The second-order valence-electron chi connectivity index (χ2n) is 3.79. The van der Waals surface area contributed by atoms with Gasteiger partial charge in [0.25, 0.3) is 0 Å². The van der Waals surface area contributed by atoms with E-state index in [1.54, 1.807) is 13.0 Å². The predicted molar refractivity (Wildman–Crippen MR) is 62.8 cm³/mol. The van der Waals surface area contributed by atoms with Crippen LogP contribution in [0.1, 0.15) is 17.2 Å². The van der Waals surface area contributed by atoms with E-state index in [-0.39, 0.29) is 11.8 Å². The molecule has 0 aliphatic rings. The standard InChI is InChI=1S/C12H13FN4/c1-8-15-11(17-12(14)16-8)6-5-9-3-2-4-10(13)7-9/h2-4,7H,5-6H2,1H3,(H2,14,15,16,17). The van der Waals surface area contributed by atoms with Gasteiger partial charge in [0.2, 0.25) is 5.95 Å². The first-order valence-electron chi connectivity index (χ1n) is 5.35. The second-order valence-corrected chi connectivity index (χ2v) is 3.79. The lowest BCUT2D eigenvalue weighted by molar-refractivity contribution is 0.625. The van der Waals surface area contributed by atoms with E-state index in [4.69, 9.17) is 5.73 Å². The van der Waals surface area contributed by atoms with Crippen molar-refractivity contribution in [2.24, 2.45) is 0 Å².